The number of amides is 4. The number of ether oxygens (including phenoxy) is 1. The maximum absolute atomic E-state index is 13.3. The Morgan fingerprint density at radius 2 is 1.79 bits per heavy atom. The second-order valence-corrected chi connectivity index (χ2v) is 8.26. The number of halogens is 2. The molecule has 0 aliphatic carbocycles. The number of carbonyl (C=O) groups excluding carboxylic acids is 3. The number of hydrogen-bond acceptors (Lipinski definition) is 4. The molecular formula is C25H18BrFN2O4. The standard InChI is InChI=1S/C25H18BrFN2O4/c1-15-5-8-19(9-6-15)29-24(31)20(23(30)28-25(29)32)12-16-7-10-22(21(26)13-16)33-14-17-3-2-4-18(27)11-17/h2-13H,14H2,1H3,(H,28,30,32)/b20-12+. The third-order valence-corrected chi connectivity index (χ3v) is 5.56. The fourth-order valence-electron chi connectivity index (χ4n) is 3.26. The zero-order chi connectivity index (χ0) is 23.5. The maximum Gasteiger partial charge on any atom is 0.335 e. The first-order valence-corrected chi connectivity index (χ1v) is 10.8. The zero-order valence-corrected chi connectivity index (χ0v) is 19.1. The minimum Gasteiger partial charge on any atom is -0.488 e. The van der Waals surface area contributed by atoms with Crippen LogP contribution in [-0.4, -0.2) is 17.8 Å². The topological polar surface area (TPSA) is 75.7 Å². The van der Waals surface area contributed by atoms with E-state index >= 15 is 0 Å². The molecule has 1 fully saturated rings. The van der Waals surface area contributed by atoms with E-state index in [2.05, 4.69) is 21.2 Å². The average molecular weight is 509 g/mol. The number of hydrogen-bond donors (Lipinski definition) is 1. The van der Waals surface area contributed by atoms with Gasteiger partial charge in [-0.25, -0.2) is 14.1 Å². The number of anilines is 1. The summed E-state index contributed by atoms with van der Waals surface area (Å²) >= 11 is 3.42. The molecule has 0 aromatic heterocycles. The Morgan fingerprint density at radius 1 is 1.03 bits per heavy atom. The van der Waals surface area contributed by atoms with Gasteiger partial charge >= 0.3 is 6.03 Å². The number of nitrogens with one attached hydrogen (secondary N) is 1. The third kappa shape index (κ3) is 5.01. The number of urea groups is 1. The van der Waals surface area contributed by atoms with Gasteiger partial charge in [-0.2, -0.15) is 0 Å². The summed E-state index contributed by atoms with van der Waals surface area (Å²) < 4.78 is 19.6. The van der Waals surface area contributed by atoms with Crippen molar-refractivity contribution in [3.05, 3.63) is 99.3 Å². The number of nitrogens with zero attached hydrogens (tertiary/aromatic N) is 1. The number of barbiturate groups is 1. The first kappa shape index (κ1) is 22.4. The van der Waals surface area contributed by atoms with E-state index in [1.165, 1.54) is 18.2 Å². The monoisotopic (exact) mass is 508 g/mol. The van der Waals surface area contributed by atoms with Crippen molar-refractivity contribution < 1.29 is 23.5 Å². The second-order valence-electron chi connectivity index (χ2n) is 7.40. The second kappa shape index (κ2) is 9.38. The van der Waals surface area contributed by atoms with E-state index in [-0.39, 0.29) is 18.0 Å². The van der Waals surface area contributed by atoms with Gasteiger partial charge in [-0.15, -0.1) is 0 Å². The van der Waals surface area contributed by atoms with Crippen molar-refractivity contribution in [2.75, 3.05) is 4.90 Å². The predicted octanol–water partition coefficient (Wildman–Crippen LogP) is 5.14. The first-order chi connectivity index (χ1) is 15.8. The van der Waals surface area contributed by atoms with Crippen molar-refractivity contribution in [2.45, 2.75) is 13.5 Å². The smallest absolute Gasteiger partial charge is 0.335 e. The molecule has 0 atom stereocenters. The molecule has 33 heavy (non-hydrogen) atoms. The highest BCUT2D eigenvalue weighted by Crippen LogP contribution is 2.29. The average Bonchev–Trinajstić information content (AvgIpc) is 2.77. The number of benzene rings is 3. The van der Waals surface area contributed by atoms with Gasteiger partial charge in [0.05, 0.1) is 10.2 Å². The van der Waals surface area contributed by atoms with Gasteiger partial charge in [-0.3, -0.25) is 14.9 Å². The van der Waals surface area contributed by atoms with E-state index < -0.39 is 17.8 Å². The summed E-state index contributed by atoms with van der Waals surface area (Å²) in [6, 6.07) is 17.2. The van der Waals surface area contributed by atoms with E-state index in [1.54, 1.807) is 54.6 Å². The Bertz CT molecular complexity index is 1290. The molecule has 1 aliphatic rings. The Balaban J connectivity index is 1.56. The molecule has 4 rings (SSSR count). The lowest BCUT2D eigenvalue weighted by Crippen LogP contribution is -2.54. The Hall–Kier alpha value is -3.78. The van der Waals surface area contributed by atoms with E-state index in [1.807, 2.05) is 6.92 Å². The minimum absolute atomic E-state index is 0.171. The molecule has 4 amide bonds. The van der Waals surface area contributed by atoms with Crippen LogP contribution in [0.25, 0.3) is 6.08 Å². The molecule has 6 nitrogen and oxygen atoms in total. The van der Waals surface area contributed by atoms with Crippen molar-refractivity contribution in [3.8, 4) is 5.75 Å². The van der Waals surface area contributed by atoms with Crippen LogP contribution in [0.3, 0.4) is 0 Å². The van der Waals surface area contributed by atoms with Crippen molar-refractivity contribution in [3.63, 3.8) is 0 Å². The molecule has 0 unspecified atom stereocenters. The summed E-state index contributed by atoms with van der Waals surface area (Å²) in [5.41, 5.74) is 2.40. The van der Waals surface area contributed by atoms with E-state index in [0.717, 1.165) is 10.5 Å². The molecule has 1 saturated heterocycles. The molecular weight excluding hydrogens is 491 g/mol. The molecule has 1 heterocycles. The highest BCUT2D eigenvalue weighted by molar-refractivity contribution is 9.10. The van der Waals surface area contributed by atoms with Crippen LogP contribution >= 0.6 is 15.9 Å². The summed E-state index contributed by atoms with van der Waals surface area (Å²) in [5.74, 6) is -1.31. The van der Waals surface area contributed by atoms with Gasteiger partial charge in [0.2, 0.25) is 0 Å². The SMILES string of the molecule is Cc1ccc(N2C(=O)NC(=O)/C(=C\c3ccc(OCc4cccc(F)c4)c(Br)c3)C2=O)cc1. The summed E-state index contributed by atoms with van der Waals surface area (Å²) in [5, 5.41) is 2.20. The van der Waals surface area contributed by atoms with Gasteiger partial charge in [0.1, 0.15) is 23.7 Å². The summed E-state index contributed by atoms with van der Waals surface area (Å²) in [4.78, 5) is 38.6. The molecule has 3 aromatic rings. The molecule has 0 saturated carbocycles. The molecule has 0 radical (unpaired) electrons. The van der Waals surface area contributed by atoms with E-state index in [4.69, 9.17) is 4.74 Å². The van der Waals surface area contributed by atoms with Crippen LogP contribution < -0.4 is 15.0 Å². The fourth-order valence-corrected chi connectivity index (χ4v) is 3.78. The van der Waals surface area contributed by atoms with Gasteiger partial charge in [-0.1, -0.05) is 35.9 Å². The van der Waals surface area contributed by atoms with Crippen LogP contribution in [0, 0.1) is 12.7 Å². The van der Waals surface area contributed by atoms with Crippen molar-refractivity contribution in [2.24, 2.45) is 0 Å². The fraction of sp³-hybridized carbons (Fsp3) is 0.0800. The molecule has 1 N–H and O–H groups in total. The van der Waals surface area contributed by atoms with Gasteiger partial charge in [0.25, 0.3) is 11.8 Å². The summed E-state index contributed by atoms with van der Waals surface area (Å²) in [7, 11) is 0. The van der Waals surface area contributed by atoms with Crippen LogP contribution in [0.5, 0.6) is 5.75 Å². The van der Waals surface area contributed by atoms with Crippen LogP contribution in [-0.2, 0) is 16.2 Å². The van der Waals surface area contributed by atoms with E-state index in [0.29, 0.717) is 27.0 Å². The number of carbonyl (C=O) groups is 3. The minimum atomic E-state index is -0.798. The summed E-state index contributed by atoms with van der Waals surface area (Å²) in [6.07, 6.45) is 1.41. The van der Waals surface area contributed by atoms with E-state index in [9.17, 15) is 18.8 Å². The Labute approximate surface area is 197 Å². The molecule has 166 valence electrons. The third-order valence-electron chi connectivity index (χ3n) is 4.94. The summed E-state index contributed by atoms with van der Waals surface area (Å²) in [6.45, 7) is 2.06. The lowest BCUT2D eigenvalue weighted by Gasteiger charge is -2.26. The lowest BCUT2D eigenvalue weighted by atomic mass is 10.1. The van der Waals surface area contributed by atoms with Gasteiger partial charge in [-0.05, 0) is 76.5 Å². The van der Waals surface area contributed by atoms with Crippen LogP contribution in [0.4, 0.5) is 14.9 Å². The van der Waals surface area contributed by atoms with Crippen molar-refractivity contribution in [1.82, 2.24) is 5.32 Å². The van der Waals surface area contributed by atoms with Crippen LogP contribution in [0.2, 0.25) is 0 Å². The molecule has 1 aliphatic heterocycles. The van der Waals surface area contributed by atoms with Gasteiger partial charge in [0, 0.05) is 0 Å². The van der Waals surface area contributed by atoms with Crippen molar-refractivity contribution >= 4 is 45.5 Å². The molecule has 0 spiro atoms. The first-order valence-electron chi connectivity index (χ1n) is 9.97. The lowest BCUT2D eigenvalue weighted by molar-refractivity contribution is -0.122. The normalized spacial score (nSPS) is 15.1. The maximum atomic E-state index is 13.3. The van der Waals surface area contributed by atoms with Gasteiger partial charge < -0.3 is 4.74 Å². The zero-order valence-electron chi connectivity index (χ0n) is 17.5. The number of aryl methyl sites for hydroxylation is 1. The number of imide groups is 2. The Kier molecular flexibility index (Phi) is 6.37. The highest BCUT2D eigenvalue weighted by atomic mass is 79.9. The largest absolute Gasteiger partial charge is 0.488 e. The molecule has 3 aromatic carbocycles. The van der Waals surface area contributed by atoms with Gasteiger partial charge in [0.15, 0.2) is 0 Å². The quantitative estimate of drug-likeness (QED) is 0.382. The Morgan fingerprint density at radius 3 is 2.48 bits per heavy atom. The molecule has 0 bridgehead atoms. The number of rotatable bonds is 5. The van der Waals surface area contributed by atoms with Crippen LogP contribution in [0.1, 0.15) is 16.7 Å². The molecule has 8 heteroatoms. The van der Waals surface area contributed by atoms with Crippen LogP contribution in [0.15, 0.2) is 76.8 Å². The van der Waals surface area contributed by atoms with Crippen molar-refractivity contribution in [1.29, 1.82) is 0 Å². The predicted molar refractivity (Wildman–Crippen MR) is 125 cm³/mol. The highest BCUT2D eigenvalue weighted by Gasteiger charge is 2.36.